The molecule has 120 valence electrons. The number of anilines is 2. The molecule has 2 aromatic carbocycles. The highest BCUT2D eigenvalue weighted by Crippen LogP contribution is 2.28. The molecule has 0 atom stereocenters. The van der Waals surface area contributed by atoms with Crippen LogP contribution >= 0.6 is 11.6 Å². The van der Waals surface area contributed by atoms with Gasteiger partial charge in [-0.1, -0.05) is 17.7 Å². The van der Waals surface area contributed by atoms with E-state index in [9.17, 15) is 13.2 Å². The Bertz CT molecular complexity index is 894. The van der Waals surface area contributed by atoms with E-state index in [4.69, 9.17) is 11.6 Å². The number of fused-ring (bicyclic) bond motifs is 1. The van der Waals surface area contributed by atoms with Gasteiger partial charge in [0.05, 0.1) is 10.6 Å². The second-order valence-corrected chi connectivity index (χ2v) is 7.55. The van der Waals surface area contributed by atoms with Gasteiger partial charge in [-0.05, 0) is 54.8 Å². The average molecular weight is 351 g/mol. The topological polar surface area (TPSA) is 75.3 Å². The minimum absolute atomic E-state index is 0.0548. The van der Waals surface area contributed by atoms with Crippen LogP contribution in [0.2, 0.25) is 5.02 Å². The van der Waals surface area contributed by atoms with Crippen LogP contribution in [-0.4, -0.2) is 14.3 Å². The van der Waals surface area contributed by atoms with Gasteiger partial charge in [0.2, 0.25) is 5.91 Å². The Balaban J connectivity index is 1.94. The van der Waals surface area contributed by atoms with Crippen molar-refractivity contribution in [1.29, 1.82) is 0 Å². The number of amides is 1. The van der Waals surface area contributed by atoms with E-state index in [1.165, 1.54) is 6.07 Å². The van der Waals surface area contributed by atoms with Crippen LogP contribution in [0.1, 0.15) is 17.5 Å². The molecule has 0 aromatic heterocycles. The Morgan fingerprint density at radius 2 is 1.91 bits per heavy atom. The van der Waals surface area contributed by atoms with Gasteiger partial charge in [0.1, 0.15) is 0 Å². The second kappa shape index (κ2) is 5.86. The molecule has 1 amide bonds. The van der Waals surface area contributed by atoms with Crippen molar-refractivity contribution in [3.8, 4) is 0 Å². The molecule has 5 nitrogen and oxygen atoms in total. The van der Waals surface area contributed by atoms with E-state index >= 15 is 0 Å². The summed E-state index contributed by atoms with van der Waals surface area (Å²) in [6.07, 6.45) is 0.887. The standard InChI is InChI=1S/C16H15ClN2O3S/c1-10-2-4-12(17)9-15(10)19-23(21,22)13-5-6-14-11(8-13)3-7-16(20)18-14/h2,4-6,8-9,19H,3,7H2,1H3,(H,18,20). The van der Waals surface area contributed by atoms with Crippen molar-refractivity contribution in [3.05, 3.63) is 52.5 Å². The average Bonchev–Trinajstić information content (AvgIpc) is 2.50. The molecule has 3 rings (SSSR count). The molecule has 0 spiro atoms. The van der Waals surface area contributed by atoms with Gasteiger partial charge in [0.25, 0.3) is 10.0 Å². The summed E-state index contributed by atoms with van der Waals surface area (Å²) in [4.78, 5) is 11.5. The smallest absolute Gasteiger partial charge is 0.261 e. The fourth-order valence-electron chi connectivity index (χ4n) is 2.43. The fourth-order valence-corrected chi connectivity index (χ4v) is 3.78. The van der Waals surface area contributed by atoms with Crippen LogP contribution in [0.25, 0.3) is 0 Å². The number of carbonyl (C=O) groups excluding carboxylic acids is 1. The molecule has 0 bridgehead atoms. The van der Waals surface area contributed by atoms with Crippen molar-refractivity contribution in [2.75, 3.05) is 10.0 Å². The van der Waals surface area contributed by atoms with Gasteiger partial charge in [-0.25, -0.2) is 8.42 Å². The molecule has 1 aliphatic heterocycles. The first-order chi connectivity index (χ1) is 10.8. The Hall–Kier alpha value is -2.05. The third-order valence-electron chi connectivity index (χ3n) is 3.73. The van der Waals surface area contributed by atoms with Gasteiger partial charge in [-0.3, -0.25) is 9.52 Å². The van der Waals surface area contributed by atoms with Gasteiger partial charge in [-0.2, -0.15) is 0 Å². The largest absolute Gasteiger partial charge is 0.326 e. The predicted molar refractivity (Wildman–Crippen MR) is 90.4 cm³/mol. The molecule has 1 aliphatic rings. The lowest BCUT2D eigenvalue weighted by Crippen LogP contribution is -2.20. The lowest BCUT2D eigenvalue weighted by molar-refractivity contribution is -0.116. The number of hydrogen-bond acceptors (Lipinski definition) is 3. The molecule has 0 radical (unpaired) electrons. The summed E-state index contributed by atoms with van der Waals surface area (Å²) >= 11 is 5.93. The predicted octanol–water partition coefficient (Wildman–Crippen LogP) is 3.33. The van der Waals surface area contributed by atoms with Crippen molar-refractivity contribution in [2.45, 2.75) is 24.7 Å². The highest BCUT2D eigenvalue weighted by Gasteiger charge is 2.20. The van der Waals surface area contributed by atoms with Crippen molar-refractivity contribution >= 4 is 38.9 Å². The minimum Gasteiger partial charge on any atom is -0.326 e. The SMILES string of the molecule is Cc1ccc(Cl)cc1NS(=O)(=O)c1ccc2c(c1)CCC(=O)N2. The molecule has 0 aliphatic carbocycles. The van der Waals surface area contributed by atoms with Crippen molar-refractivity contribution < 1.29 is 13.2 Å². The third-order valence-corrected chi connectivity index (χ3v) is 5.32. The van der Waals surface area contributed by atoms with E-state index in [-0.39, 0.29) is 10.8 Å². The first kappa shape index (κ1) is 15.8. The van der Waals surface area contributed by atoms with E-state index < -0.39 is 10.0 Å². The Morgan fingerprint density at radius 1 is 1.13 bits per heavy atom. The van der Waals surface area contributed by atoms with Gasteiger partial charge in [-0.15, -0.1) is 0 Å². The third kappa shape index (κ3) is 3.33. The highest BCUT2D eigenvalue weighted by molar-refractivity contribution is 7.92. The first-order valence-corrected chi connectivity index (χ1v) is 8.93. The molecule has 0 saturated carbocycles. The molecule has 2 N–H and O–H groups in total. The molecule has 0 unspecified atom stereocenters. The van der Waals surface area contributed by atoms with Crippen LogP contribution in [0.3, 0.4) is 0 Å². The van der Waals surface area contributed by atoms with Gasteiger partial charge < -0.3 is 5.32 Å². The normalized spacial score (nSPS) is 14.1. The lowest BCUT2D eigenvalue weighted by Gasteiger charge is -2.18. The monoisotopic (exact) mass is 350 g/mol. The van der Waals surface area contributed by atoms with E-state index in [1.807, 2.05) is 0 Å². The zero-order valence-corrected chi connectivity index (χ0v) is 14.0. The van der Waals surface area contributed by atoms with Crippen molar-refractivity contribution in [3.63, 3.8) is 0 Å². The molecule has 0 saturated heterocycles. The molecule has 7 heteroatoms. The number of sulfonamides is 1. The number of benzene rings is 2. The maximum Gasteiger partial charge on any atom is 0.261 e. The van der Waals surface area contributed by atoms with E-state index in [1.54, 1.807) is 37.3 Å². The fraction of sp³-hybridized carbons (Fsp3) is 0.188. The first-order valence-electron chi connectivity index (χ1n) is 7.07. The van der Waals surface area contributed by atoms with Crippen LogP contribution < -0.4 is 10.0 Å². The van der Waals surface area contributed by atoms with E-state index in [0.717, 1.165) is 11.1 Å². The zero-order valence-electron chi connectivity index (χ0n) is 12.4. The van der Waals surface area contributed by atoms with Crippen LogP contribution in [-0.2, 0) is 21.2 Å². The maximum absolute atomic E-state index is 12.6. The Morgan fingerprint density at radius 3 is 2.70 bits per heavy atom. The second-order valence-electron chi connectivity index (χ2n) is 5.43. The van der Waals surface area contributed by atoms with E-state index in [2.05, 4.69) is 10.0 Å². The minimum atomic E-state index is -3.72. The number of nitrogens with one attached hydrogen (secondary N) is 2. The van der Waals surface area contributed by atoms with E-state index in [0.29, 0.717) is 29.2 Å². The Labute approximate surface area is 139 Å². The van der Waals surface area contributed by atoms with Gasteiger partial charge in [0, 0.05) is 17.1 Å². The molecular formula is C16H15ClN2O3S. The summed E-state index contributed by atoms with van der Waals surface area (Å²) in [6, 6.07) is 9.72. The lowest BCUT2D eigenvalue weighted by atomic mass is 10.0. The highest BCUT2D eigenvalue weighted by atomic mass is 35.5. The zero-order chi connectivity index (χ0) is 16.6. The number of aryl methyl sites for hydroxylation is 2. The summed E-state index contributed by atoms with van der Waals surface area (Å²) < 4.78 is 27.7. The summed E-state index contributed by atoms with van der Waals surface area (Å²) in [5.74, 6) is -0.0548. The summed E-state index contributed by atoms with van der Waals surface area (Å²) in [6.45, 7) is 1.80. The van der Waals surface area contributed by atoms with Gasteiger partial charge in [0.15, 0.2) is 0 Å². The van der Waals surface area contributed by atoms with Crippen LogP contribution in [0.4, 0.5) is 11.4 Å². The number of carbonyl (C=O) groups is 1. The molecule has 0 fully saturated rings. The van der Waals surface area contributed by atoms with Crippen LogP contribution in [0, 0.1) is 6.92 Å². The molecule has 1 heterocycles. The van der Waals surface area contributed by atoms with Crippen molar-refractivity contribution in [1.82, 2.24) is 0 Å². The molecule has 2 aromatic rings. The quantitative estimate of drug-likeness (QED) is 0.891. The number of halogens is 1. The maximum atomic E-state index is 12.6. The molecular weight excluding hydrogens is 336 g/mol. The van der Waals surface area contributed by atoms with Crippen LogP contribution in [0.15, 0.2) is 41.3 Å². The van der Waals surface area contributed by atoms with Gasteiger partial charge >= 0.3 is 0 Å². The summed E-state index contributed by atoms with van der Waals surface area (Å²) in [5, 5.41) is 3.19. The summed E-state index contributed by atoms with van der Waals surface area (Å²) in [7, 11) is -3.72. The number of hydrogen-bond donors (Lipinski definition) is 2. The Kier molecular flexibility index (Phi) is 4.04. The summed E-state index contributed by atoms with van der Waals surface area (Å²) in [5.41, 5.74) is 2.71. The molecule has 23 heavy (non-hydrogen) atoms. The van der Waals surface area contributed by atoms with Crippen LogP contribution in [0.5, 0.6) is 0 Å². The number of rotatable bonds is 3. The van der Waals surface area contributed by atoms with Crippen molar-refractivity contribution in [2.24, 2.45) is 0 Å².